The van der Waals surface area contributed by atoms with Crippen molar-refractivity contribution in [1.29, 1.82) is 0 Å². The zero-order valence-corrected chi connectivity index (χ0v) is 14.2. The lowest BCUT2D eigenvalue weighted by atomic mass is 10.1. The largest absolute Gasteiger partial charge is 0.443 e. The van der Waals surface area contributed by atoms with E-state index in [9.17, 15) is 4.79 Å². The van der Waals surface area contributed by atoms with Crippen LogP contribution >= 0.6 is 0 Å². The minimum absolute atomic E-state index is 0.393. The molecule has 0 radical (unpaired) electrons. The zero-order chi connectivity index (χ0) is 17.0. The summed E-state index contributed by atoms with van der Waals surface area (Å²) in [5.74, 6) is 0. The highest BCUT2D eigenvalue weighted by Gasteiger charge is 2.20. The van der Waals surface area contributed by atoms with Crippen molar-refractivity contribution >= 4 is 28.8 Å². The van der Waals surface area contributed by atoms with Gasteiger partial charge in [0, 0.05) is 17.1 Å². The molecule has 0 unspecified atom stereocenters. The first-order chi connectivity index (χ1) is 10.8. The number of para-hydroxylation sites is 1. The molecule has 2 rings (SSSR count). The average molecular weight is 314 g/mol. The van der Waals surface area contributed by atoms with Crippen molar-refractivity contribution in [2.75, 3.05) is 7.11 Å². The number of benzene rings is 1. The molecule has 0 amide bonds. The number of rotatable bonds is 3. The maximum atomic E-state index is 12.4. The molecule has 23 heavy (non-hydrogen) atoms. The molecule has 0 bridgehead atoms. The highest BCUT2D eigenvalue weighted by Crippen LogP contribution is 2.23. The fourth-order valence-corrected chi connectivity index (χ4v) is 2.19. The van der Waals surface area contributed by atoms with Gasteiger partial charge in [-0.25, -0.2) is 4.79 Å². The van der Waals surface area contributed by atoms with Crippen molar-refractivity contribution in [2.24, 2.45) is 5.16 Å². The maximum absolute atomic E-state index is 12.4. The quantitative estimate of drug-likeness (QED) is 0.621. The first-order valence-electron chi connectivity index (χ1n) is 7.41. The summed E-state index contributed by atoms with van der Waals surface area (Å²) in [6.07, 6.45) is 5.12. The number of carbonyl (C=O) groups is 1. The third-order valence-electron chi connectivity index (χ3n) is 3.07. The second-order valence-electron chi connectivity index (χ2n) is 6.20. The van der Waals surface area contributed by atoms with Crippen LogP contribution in [0.3, 0.4) is 0 Å². The molecule has 0 aliphatic carbocycles. The van der Waals surface area contributed by atoms with Gasteiger partial charge < -0.3 is 9.57 Å². The Morgan fingerprint density at radius 3 is 2.61 bits per heavy atom. The van der Waals surface area contributed by atoms with Gasteiger partial charge in [-0.05, 0) is 39.8 Å². The molecule has 2 aromatic rings. The third-order valence-corrected chi connectivity index (χ3v) is 3.07. The van der Waals surface area contributed by atoms with Crippen LogP contribution in [0.25, 0.3) is 17.0 Å². The average Bonchev–Trinajstić information content (AvgIpc) is 2.83. The molecule has 1 heterocycles. The molecular formula is C18H22N2O3. The van der Waals surface area contributed by atoms with Crippen LogP contribution < -0.4 is 0 Å². The zero-order valence-electron chi connectivity index (χ0n) is 14.2. The van der Waals surface area contributed by atoms with Crippen LogP contribution in [0.4, 0.5) is 4.79 Å². The van der Waals surface area contributed by atoms with Crippen LogP contribution in [0.15, 0.2) is 41.7 Å². The van der Waals surface area contributed by atoms with Gasteiger partial charge in [0.1, 0.15) is 12.7 Å². The van der Waals surface area contributed by atoms with E-state index < -0.39 is 11.7 Å². The van der Waals surface area contributed by atoms with E-state index in [4.69, 9.17) is 9.57 Å². The van der Waals surface area contributed by atoms with Gasteiger partial charge in [-0.2, -0.15) is 0 Å². The molecular weight excluding hydrogens is 292 g/mol. The number of ether oxygens (including phenoxy) is 1. The fourth-order valence-electron chi connectivity index (χ4n) is 2.19. The Bertz CT molecular complexity index is 764. The molecule has 1 aromatic heterocycles. The van der Waals surface area contributed by atoms with Gasteiger partial charge in [-0.3, -0.25) is 4.57 Å². The second-order valence-corrected chi connectivity index (χ2v) is 6.20. The van der Waals surface area contributed by atoms with Gasteiger partial charge in [0.15, 0.2) is 0 Å². The van der Waals surface area contributed by atoms with Gasteiger partial charge in [0.25, 0.3) is 0 Å². The number of fused-ring (bicyclic) bond motifs is 1. The Morgan fingerprint density at radius 2 is 1.96 bits per heavy atom. The van der Waals surface area contributed by atoms with E-state index in [0.717, 1.165) is 22.2 Å². The molecule has 0 saturated heterocycles. The Balaban J connectivity index is 2.44. The molecule has 0 aliphatic heterocycles. The van der Waals surface area contributed by atoms with E-state index in [1.165, 1.54) is 11.7 Å². The fraction of sp³-hybridized carbons (Fsp3) is 0.333. The molecule has 5 heteroatoms. The first kappa shape index (κ1) is 16.8. The first-order valence-corrected chi connectivity index (χ1v) is 7.41. The second kappa shape index (κ2) is 6.69. The minimum atomic E-state index is -0.541. The molecule has 1 aromatic carbocycles. The van der Waals surface area contributed by atoms with E-state index in [-0.39, 0.29) is 0 Å². The van der Waals surface area contributed by atoms with Crippen molar-refractivity contribution in [2.45, 2.75) is 33.3 Å². The molecule has 0 saturated carbocycles. The summed E-state index contributed by atoms with van der Waals surface area (Å²) in [5.41, 5.74) is 1.92. The summed E-state index contributed by atoms with van der Waals surface area (Å²) in [7, 11) is 1.51. The number of hydrogen-bond acceptors (Lipinski definition) is 4. The van der Waals surface area contributed by atoms with Crippen LogP contribution in [0.5, 0.6) is 0 Å². The number of aromatic nitrogens is 1. The minimum Gasteiger partial charge on any atom is -0.443 e. The summed E-state index contributed by atoms with van der Waals surface area (Å²) < 4.78 is 7.00. The van der Waals surface area contributed by atoms with Gasteiger partial charge in [0.05, 0.1) is 11.2 Å². The van der Waals surface area contributed by atoms with Crippen LogP contribution in [0.2, 0.25) is 0 Å². The van der Waals surface area contributed by atoms with Crippen LogP contribution in [-0.4, -0.2) is 29.1 Å². The molecule has 0 fully saturated rings. The lowest BCUT2D eigenvalue weighted by Crippen LogP contribution is -2.26. The predicted octanol–water partition coefficient (Wildman–Crippen LogP) is 4.46. The summed E-state index contributed by atoms with van der Waals surface area (Å²) in [5, 5.41) is 4.81. The Labute approximate surface area is 136 Å². The molecule has 5 nitrogen and oxygen atoms in total. The Hall–Kier alpha value is -2.56. The molecule has 0 aliphatic rings. The normalized spacial score (nSPS) is 12.8. The number of hydrogen-bond donors (Lipinski definition) is 0. The van der Waals surface area contributed by atoms with Crippen molar-refractivity contribution in [3.63, 3.8) is 0 Å². The molecule has 0 N–H and O–H groups in total. The third kappa shape index (κ3) is 4.22. The van der Waals surface area contributed by atoms with Crippen LogP contribution in [-0.2, 0) is 9.57 Å². The molecule has 0 atom stereocenters. The summed E-state index contributed by atoms with van der Waals surface area (Å²) in [4.78, 5) is 17.1. The Kier molecular flexibility index (Phi) is 4.89. The SMILES string of the molecule is CO/N=C(C)/C=C\c1cn(C(=O)OC(C)(C)C)c2ccccc12. The van der Waals surface area contributed by atoms with Crippen molar-refractivity contribution < 1.29 is 14.4 Å². The lowest BCUT2D eigenvalue weighted by molar-refractivity contribution is 0.0544. The van der Waals surface area contributed by atoms with Gasteiger partial charge >= 0.3 is 6.09 Å². The topological polar surface area (TPSA) is 52.8 Å². The maximum Gasteiger partial charge on any atom is 0.419 e. The van der Waals surface area contributed by atoms with E-state index in [1.54, 1.807) is 6.20 Å². The van der Waals surface area contributed by atoms with Crippen molar-refractivity contribution in [1.82, 2.24) is 4.57 Å². The van der Waals surface area contributed by atoms with E-state index in [2.05, 4.69) is 5.16 Å². The van der Waals surface area contributed by atoms with Crippen molar-refractivity contribution in [3.8, 4) is 0 Å². The number of allylic oxidation sites excluding steroid dienone is 1. The van der Waals surface area contributed by atoms with E-state index in [0.29, 0.717) is 0 Å². The smallest absolute Gasteiger partial charge is 0.419 e. The van der Waals surface area contributed by atoms with Crippen molar-refractivity contribution in [3.05, 3.63) is 42.1 Å². The van der Waals surface area contributed by atoms with E-state index >= 15 is 0 Å². The highest BCUT2D eigenvalue weighted by atomic mass is 16.6. The summed E-state index contributed by atoms with van der Waals surface area (Å²) >= 11 is 0. The van der Waals surface area contributed by atoms with Gasteiger partial charge in [0.2, 0.25) is 0 Å². The lowest BCUT2D eigenvalue weighted by Gasteiger charge is -2.19. The summed E-state index contributed by atoms with van der Waals surface area (Å²) in [6.45, 7) is 7.39. The number of oxime groups is 1. The van der Waals surface area contributed by atoms with Gasteiger partial charge in [-0.1, -0.05) is 29.4 Å². The predicted molar refractivity (Wildman–Crippen MR) is 92.7 cm³/mol. The van der Waals surface area contributed by atoms with Gasteiger partial charge in [-0.15, -0.1) is 0 Å². The van der Waals surface area contributed by atoms with Crippen LogP contribution in [0.1, 0.15) is 33.3 Å². The number of carbonyl (C=O) groups excluding carboxylic acids is 1. The molecule has 122 valence electrons. The Morgan fingerprint density at radius 1 is 1.26 bits per heavy atom. The number of nitrogens with zero attached hydrogens (tertiary/aromatic N) is 2. The van der Waals surface area contributed by atoms with Crippen LogP contribution in [0, 0.1) is 0 Å². The highest BCUT2D eigenvalue weighted by molar-refractivity contribution is 6.00. The standard InChI is InChI=1S/C18H22N2O3/c1-13(19-22-5)10-11-14-12-20(17(21)23-18(2,3)4)16-9-7-6-8-15(14)16/h6-12H,1-5H3/b11-10-,19-13+. The monoisotopic (exact) mass is 314 g/mol. The summed E-state index contributed by atoms with van der Waals surface area (Å²) in [6, 6.07) is 7.70. The van der Waals surface area contributed by atoms with E-state index in [1.807, 2.05) is 64.1 Å². The molecule has 0 spiro atoms.